The fourth-order valence-electron chi connectivity index (χ4n) is 2.23. The molecule has 0 amide bonds. The third-order valence-corrected chi connectivity index (χ3v) is 3.98. The van der Waals surface area contributed by atoms with Crippen molar-refractivity contribution < 1.29 is 9.53 Å². The van der Waals surface area contributed by atoms with Crippen molar-refractivity contribution >= 4 is 5.97 Å². The third-order valence-electron chi connectivity index (χ3n) is 3.98. The average molecular weight is 311 g/mol. The van der Waals surface area contributed by atoms with Gasteiger partial charge in [-0.25, -0.2) is 0 Å². The summed E-state index contributed by atoms with van der Waals surface area (Å²) >= 11 is 0. The molecule has 23 heavy (non-hydrogen) atoms. The van der Waals surface area contributed by atoms with Gasteiger partial charge in [-0.2, -0.15) is 0 Å². The zero-order valence-electron chi connectivity index (χ0n) is 14.6. The number of hydrogen-bond acceptors (Lipinski definition) is 3. The van der Waals surface area contributed by atoms with Crippen LogP contribution in [0, 0.1) is 0 Å². The Morgan fingerprint density at radius 1 is 1.00 bits per heavy atom. The summed E-state index contributed by atoms with van der Waals surface area (Å²) in [5.74, 6) is -0.244. The van der Waals surface area contributed by atoms with Crippen molar-refractivity contribution in [2.45, 2.75) is 52.1 Å². The van der Waals surface area contributed by atoms with Crippen LogP contribution in [-0.4, -0.2) is 11.0 Å². The van der Waals surface area contributed by atoms with Gasteiger partial charge in [0.25, 0.3) is 0 Å². The van der Waals surface area contributed by atoms with Gasteiger partial charge in [-0.15, -0.1) is 0 Å². The average Bonchev–Trinajstić information content (AvgIpc) is 2.52. The van der Waals surface area contributed by atoms with Crippen LogP contribution in [0.2, 0.25) is 0 Å². The summed E-state index contributed by atoms with van der Waals surface area (Å²) < 4.78 is 5.48. The molecule has 1 aromatic heterocycles. The molecule has 0 radical (unpaired) electrons. The molecule has 0 saturated carbocycles. The Labute approximate surface area is 138 Å². The molecule has 0 spiro atoms. The number of carbonyl (C=O) groups excluding carboxylic acids is 1. The highest BCUT2D eigenvalue weighted by Gasteiger charge is 2.32. The summed E-state index contributed by atoms with van der Waals surface area (Å²) in [6, 6.07) is 13.7. The molecule has 122 valence electrons. The van der Waals surface area contributed by atoms with Crippen LogP contribution in [0.5, 0.6) is 0 Å². The Balaban J connectivity index is 2.09. The third kappa shape index (κ3) is 4.19. The molecule has 0 saturated heterocycles. The maximum Gasteiger partial charge on any atom is 0.316 e. The molecule has 0 N–H and O–H groups in total. The molecular weight excluding hydrogens is 286 g/mol. The number of nitrogens with zero attached hydrogens (tertiary/aromatic N) is 1. The van der Waals surface area contributed by atoms with Crippen LogP contribution in [0.3, 0.4) is 0 Å². The summed E-state index contributed by atoms with van der Waals surface area (Å²) in [5.41, 5.74) is 2.13. The number of rotatable bonds is 4. The van der Waals surface area contributed by atoms with Crippen molar-refractivity contribution in [2.24, 2.45) is 0 Å². The first-order chi connectivity index (χ1) is 10.7. The van der Waals surface area contributed by atoms with E-state index in [0.717, 1.165) is 16.8 Å². The molecule has 0 atom stereocenters. The first-order valence-electron chi connectivity index (χ1n) is 7.89. The molecule has 0 unspecified atom stereocenters. The lowest BCUT2D eigenvalue weighted by Gasteiger charge is -2.24. The van der Waals surface area contributed by atoms with E-state index in [2.05, 4.69) is 25.8 Å². The molecule has 0 aliphatic carbocycles. The van der Waals surface area contributed by atoms with Crippen LogP contribution in [-0.2, 0) is 27.0 Å². The van der Waals surface area contributed by atoms with Crippen molar-refractivity contribution in [3.05, 3.63) is 65.5 Å². The second-order valence-corrected chi connectivity index (χ2v) is 7.37. The molecule has 2 rings (SSSR count). The topological polar surface area (TPSA) is 39.2 Å². The summed E-state index contributed by atoms with van der Waals surface area (Å²) in [6.07, 6.45) is 1.78. The lowest BCUT2D eigenvalue weighted by atomic mass is 9.84. The van der Waals surface area contributed by atoms with Gasteiger partial charge in [0.1, 0.15) is 6.61 Å². The predicted molar refractivity (Wildman–Crippen MR) is 92.2 cm³/mol. The van der Waals surface area contributed by atoms with Crippen LogP contribution in [0.15, 0.2) is 48.7 Å². The van der Waals surface area contributed by atoms with Gasteiger partial charge < -0.3 is 4.74 Å². The number of benzene rings is 1. The summed E-state index contributed by atoms with van der Waals surface area (Å²) in [6.45, 7) is 10.4. The van der Waals surface area contributed by atoms with E-state index in [1.165, 1.54) is 0 Å². The molecule has 3 nitrogen and oxygen atoms in total. The van der Waals surface area contributed by atoms with Crippen molar-refractivity contribution in [1.29, 1.82) is 0 Å². The van der Waals surface area contributed by atoms with Gasteiger partial charge in [0.15, 0.2) is 0 Å². The first kappa shape index (κ1) is 17.2. The van der Waals surface area contributed by atoms with E-state index in [-0.39, 0.29) is 18.0 Å². The summed E-state index contributed by atoms with van der Waals surface area (Å²) in [5, 5.41) is 0. The minimum absolute atomic E-state index is 0.00348. The Morgan fingerprint density at radius 2 is 1.65 bits per heavy atom. The van der Waals surface area contributed by atoms with Crippen LogP contribution in [0.25, 0.3) is 0 Å². The standard InChI is InChI=1S/C20H25NO2/c1-19(2,3)17-12-11-16(13-21-17)20(4,5)18(22)23-14-15-9-7-6-8-10-15/h6-13H,14H2,1-5H3. The molecule has 0 aliphatic rings. The maximum absolute atomic E-state index is 12.5. The Kier molecular flexibility index (Phi) is 4.88. The zero-order valence-corrected chi connectivity index (χ0v) is 14.6. The van der Waals surface area contributed by atoms with E-state index in [4.69, 9.17) is 4.74 Å². The summed E-state index contributed by atoms with van der Waals surface area (Å²) in [7, 11) is 0. The quantitative estimate of drug-likeness (QED) is 0.786. The van der Waals surface area contributed by atoms with E-state index in [1.54, 1.807) is 6.20 Å². The van der Waals surface area contributed by atoms with Gasteiger partial charge in [-0.05, 0) is 31.0 Å². The molecule has 1 heterocycles. The predicted octanol–water partition coefficient (Wildman–Crippen LogP) is 4.40. The highest BCUT2D eigenvalue weighted by Crippen LogP contribution is 2.27. The van der Waals surface area contributed by atoms with Gasteiger partial charge in [0, 0.05) is 17.3 Å². The number of carbonyl (C=O) groups is 1. The number of aromatic nitrogens is 1. The smallest absolute Gasteiger partial charge is 0.316 e. The molecule has 1 aromatic carbocycles. The second-order valence-electron chi connectivity index (χ2n) is 7.37. The molecule has 0 bridgehead atoms. The molecule has 0 aliphatic heterocycles. The fraction of sp³-hybridized carbons (Fsp3) is 0.400. The Morgan fingerprint density at radius 3 is 2.17 bits per heavy atom. The van der Waals surface area contributed by atoms with Crippen LogP contribution < -0.4 is 0 Å². The van der Waals surface area contributed by atoms with Crippen molar-refractivity contribution in [3.63, 3.8) is 0 Å². The van der Waals surface area contributed by atoms with E-state index in [9.17, 15) is 4.79 Å². The molecule has 3 heteroatoms. The summed E-state index contributed by atoms with van der Waals surface area (Å²) in [4.78, 5) is 17.0. The van der Waals surface area contributed by atoms with E-state index in [0.29, 0.717) is 0 Å². The van der Waals surface area contributed by atoms with Crippen LogP contribution >= 0.6 is 0 Å². The normalized spacial score (nSPS) is 12.0. The van der Waals surface area contributed by atoms with E-state index in [1.807, 2.05) is 56.3 Å². The Hall–Kier alpha value is -2.16. The maximum atomic E-state index is 12.5. The SMILES string of the molecule is CC(C)(C)c1ccc(C(C)(C)C(=O)OCc2ccccc2)cn1. The lowest BCUT2D eigenvalue weighted by molar-refractivity contribution is -0.150. The highest BCUT2D eigenvalue weighted by atomic mass is 16.5. The number of hydrogen-bond donors (Lipinski definition) is 0. The lowest BCUT2D eigenvalue weighted by Crippen LogP contribution is -2.31. The van der Waals surface area contributed by atoms with Crippen molar-refractivity contribution in [2.75, 3.05) is 0 Å². The van der Waals surface area contributed by atoms with Gasteiger partial charge >= 0.3 is 5.97 Å². The van der Waals surface area contributed by atoms with Gasteiger partial charge in [0.05, 0.1) is 5.41 Å². The van der Waals surface area contributed by atoms with Crippen molar-refractivity contribution in [1.82, 2.24) is 4.98 Å². The van der Waals surface area contributed by atoms with Crippen LogP contribution in [0.1, 0.15) is 51.4 Å². The fourth-order valence-corrected chi connectivity index (χ4v) is 2.23. The number of pyridine rings is 1. The Bertz CT molecular complexity index is 652. The zero-order chi connectivity index (χ0) is 17.1. The first-order valence-corrected chi connectivity index (χ1v) is 7.89. The van der Waals surface area contributed by atoms with Gasteiger partial charge in [-0.1, -0.05) is 57.2 Å². The minimum Gasteiger partial charge on any atom is -0.460 e. The van der Waals surface area contributed by atoms with Crippen molar-refractivity contribution in [3.8, 4) is 0 Å². The second kappa shape index (κ2) is 6.53. The van der Waals surface area contributed by atoms with Gasteiger partial charge in [0.2, 0.25) is 0 Å². The molecular formula is C20H25NO2. The number of esters is 1. The molecule has 2 aromatic rings. The highest BCUT2D eigenvalue weighted by molar-refractivity contribution is 5.82. The monoisotopic (exact) mass is 311 g/mol. The number of ether oxygens (including phenoxy) is 1. The minimum atomic E-state index is -0.724. The largest absolute Gasteiger partial charge is 0.460 e. The molecule has 0 fully saturated rings. The van der Waals surface area contributed by atoms with Gasteiger partial charge in [-0.3, -0.25) is 9.78 Å². The van der Waals surface area contributed by atoms with E-state index >= 15 is 0 Å². The van der Waals surface area contributed by atoms with Crippen LogP contribution in [0.4, 0.5) is 0 Å². The van der Waals surface area contributed by atoms with E-state index < -0.39 is 5.41 Å².